The van der Waals surface area contributed by atoms with E-state index in [1.165, 1.54) is 66.7 Å². The Balaban J connectivity index is 1.27. The summed E-state index contributed by atoms with van der Waals surface area (Å²) >= 11 is -5.19. The molecular weight excluding hydrogens is 799 g/mol. The highest BCUT2D eigenvalue weighted by Gasteiger charge is 2.20. The molecule has 22 nitrogen and oxygen atoms in total. The number of rotatable bonds is 10. The molecule has 0 saturated carbocycles. The fourth-order valence-corrected chi connectivity index (χ4v) is 6.28. The monoisotopic (exact) mass is 827 g/mol. The van der Waals surface area contributed by atoms with E-state index in [1.807, 2.05) is 0 Å². The molecule has 296 valence electrons. The standard InChI is InChI=1S/C34H29N13O9S2/c1-15-10-25(48)40-31(36-15)42-33(51)38-18-4-3-5-20(13-18)44-47-29-24(58(55)56)12-17-6-8-21(30(50)27(17)28(29)35)45-46-22-14-19(7-9-23(22)57(53)54)39-34(52)43-32-37-16(2)11-26(49)41-32/h3-14,50H,35H2,1-2H3,(H,53,54)(H,55,56)(H3,36,38,40,42,48,51)(H3,37,39,41,43,49,52)/b46-45+,47-44+. The Kier molecular flexibility index (Phi) is 11.8. The fraction of sp³-hybridized carbons (Fsp3) is 0.0588. The average Bonchev–Trinajstić information content (AvgIpc) is 3.13. The quantitative estimate of drug-likeness (QED) is 0.0420. The summed E-state index contributed by atoms with van der Waals surface area (Å²) < 4.78 is 44.5. The second-order valence-electron chi connectivity index (χ2n) is 12.0. The molecule has 2 aromatic heterocycles. The van der Waals surface area contributed by atoms with Crippen LogP contribution in [0.15, 0.2) is 113 Å². The molecule has 4 aromatic carbocycles. The first-order chi connectivity index (χ1) is 27.6. The number of amides is 4. The van der Waals surface area contributed by atoms with E-state index in [9.17, 15) is 41.8 Å². The van der Waals surface area contributed by atoms with Crippen LogP contribution in [0.2, 0.25) is 0 Å². The number of hydrogen-bond acceptors (Lipinski definition) is 14. The molecule has 0 bridgehead atoms. The number of urea groups is 2. The van der Waals surface area contributed by atoms with Crippen LogP contribution in [0.3, 0.4) is 0 Å². The normalized spacial score (nSPS) is 12.4. The maximum atomic E-state index is 12.6. The minimum absolute atomic E-state index is 0.0460. The number of aromatic nitrogens is 4. The number of nitrogens with one attached hydrogen (secondary N) is 6. The smallest absolute Gasteiger partial charge is 0.326 e. The van der Waals surface area contributed by atoms with E-state index in [-0.39, 0.29) is 72.3 Å². The third kappa shape index (κ3) is 9.63. The van der Waals surface area contributed by atoms with Crippen molar-refractivity contribution in [3.8, 4) is 5.75 Å². The highest BCUT2D eigenvalue weighted by Crippen LogP contribution is 2.45. The first kappa shape index (κ1) is 40.1. The minimum atomic E-state index is -2.63. The van der Waals surface area contributed by atoms with Gasteiger partial charge >= 0.3 is 12.1 Å². The summed E-state index contributed by atoms with van der Waals surface area (Å²) in [7, 11) is 0. The van der Waals surface area contributed by atoms with Crippen molar-refractivity contribution < 1.29 is 32.2 Å². The van der Waals surface area contributed by atoms with Crippen molar-refractivity contribution in [1.82, 2.24) is 19.9 Å². The lowest BCUT2D eigenvalue weighted by molar-refractivity contribution is 0.261. The molecule has 4 amide bonds. The van der Waals surface area contributed by atoms with Crippen molar-refractivity contribution in [2.75, 3.05) is 27.0 Å². The van der Waals surface area contributed by atoms with Gasteiger partial charge in [-0.25, -0.2) is 18.0 Å². The van der Waals surface area contributed by atoms with E-state index in [4.69, 9.17) is 5.73 Å². The van der Waals surface area contributed by atoms with Gasteiger partial charge in [-0.3, -0.25) is 20.2 Å². The number of aryl methyl sites for hydroxylation is 2. The molecule has 58 heavy (non-hydrogen) atoms. The lowest BCUT2D eigenvalue weighted by Gasteiger charge is -2.12. The first-order valence-corrected chi connectivity index (χ1v) is 18.5. The highest BCUT2D eigenvalue weighted by molar-refractivity contribution is 7.79. The molecule has 0 aliphatic rings. The van der Waals surface area contributed by atoms with Crippen LogP contribution in [0.25, 0.3) is 10.8 Å². The van der Waals surface area contributed by atoms with Crippen molar-refractivity contribution in [3.63, 3.8) is 0 Å². The van der Waals surface area contributed by atoms with Gasteiger partial charge in [0.05, 0.1) is 26.6 Å². The molecule has 0 aliphatic carbocycles. The second-order valence-corrected chi connectivity index (χ2v) is 13.8. The summed E-state index contributed by atoms with van der Waals surface area (Å²) in [5.74, 6) is -0.729. The number of fused-ring (bicyclic) bond motifs is 1. The zero-order valence-corrected chi connectivity index (χ0v) is 31.4. The summed E-state index contributed by atoms with van der Waals surface area (Å²) in [5.41, 5.74) is 5.86. The summed E-state index contributed by atoms with van der Waals surface area (Å²) in [6, 6.07) is 14.7. The molecule has 0 radical (unpaired) electrons. The van der Waals surface area contributed by atoms with E-state index >= 15 is 0 Å². The van der Waals surface area contributed by atoms with Crippen molar-refractivity contribution in [2.24, 2.45) is 20.5 Å². The van der Waals surface area contributed by atoms with Crippen LogP contribution in [0.1, 0.15) is 11.4 Å². The van der Waals surface area contributed by atoms with Crippen molar-refractivity contribution in [3.05, 3.63) is 105 Å². The van der Waals surface area contributed by atoms with Gasteiger partial charge in [0.1, 0.15) is 17.1 Å². The molecule has 2 unspecified atom stereocenters. The molecule has 11 N–H and O–H groups in total. The van der Waals surface area contributed by atoms with E-state index in [1.54, 1.807) is 19.9 Å². The predicted molar refractivity (Wildman–Crippen MR) is 214 cm³/mol. The molecule has 0 aliphatic heterocycles. The third-order valence-electron chi connectivity index (χ3n) is 7.68. The number of H-pyrrole nitrogens is 2. The average molecular weight is 828 g/mol. The van der Waals surface area contributed by atoms with E-state index in [2.05, 4.69) is 61.7 Å². The lowest BCUT2D eigenvalue weighted by atomic mass is 10.1. The van der Waals surface area contributed by atoms with Crippen LogP contribution in [0.5, 0.6) is 5.75 Å². The maximum Gasteiger partial charge on any atom is 0.326 e. The number of phenolic OH excluding ortho intramolecular Hbond substituents is 1. The van der Waals surface area contributed by atoms with Gasteiger partial charge < -0.3 is 40.5 Å². The van der Waals surface area contributed by atoms with Crippen LogP contribution >= 0.6 is 0 Å². The number of carbonyl (C=O) groups excluding carboxylic acids is 2. The molecule has 24 heteroatoms. The molecule has 0 saturated heterocycles. The number of nitrogens with two attached hydrogens (primary N) is 1. The van der Waals surface area contributed by atoms with Gasteiger partial charge in [-0.1, -0.05) is 12.1 Å². The van der Waals surface area contributed by atoms with Crippen LogP contribution < -0.4 is 38.1 Å². The van der Waals surface area contributed by atoms with Crippen LogP contribution in [-0.4, -0.2) is 54.6 Å². The number of nitrogen functional groups attached to an aromatic ring is 1. The summed E-state index contributed by atoms with van der Waals surface area (Å²) in [5, 5.41) is 37.6. The Labute approximate surface area is 329 Å². The Bertz CT molecular complexity index is 2860. The summed E-state index contributed by atoms with van der Waals surface area (Å²) in [6.07, 6.45) is 0. The van der Waals surface area contributed by atoms with Crippen molar-refractivity contribution >= 4 is 96.7 Å². The first-order valence-electron chi connectivity index (χ1n) is 16.3. The number of azo groups is 2. The van der Waals surface area contributed by atoms with Crippen LogP contribution in [-0.2, 0) is 22.2 Å². The Hall–Kier alpha value is -7.54. The van der Waals surface area contributed by atoms with Crippen molar-refractivity contribution in [1.29, 1.82) is 0 Å². The molecule has 2 atom stereocenters. The molecule has 6 rings (SSSR count). The Morgan fingerprint density at radius 2 is 1.28 bits per heavy atom. The Morgan fingerprint density at radius 1 is 0.690 bits per heavy atom. The number of phenols is 1. The maximum absolute atomic E-state index is 12.6. The second kappa shape index (κ2) is 17.1. The van der Waals surface area contributed by atoms with Gasteiger partial charge in [-0.05, 0) is 67.8 Å². The molecular formula is C34H29N13O9S2. The molecule has 0 spiro atoms. The van der Waals surface area contributed by atoms with E-state index < -0.39 is 51.1 Å². The van der Waals surface area contributed by atoms with Crippen LogP contribution in [0.4, 0.5) is 61.3 Å². The minimum Gasteiger partial charge on any atom is -0.505 e. The van der Waals surface area contributed by atoms with Gasteiger partial charge in [0.15, 0.2) is 27.9 Å². The van der Waals surface area contributed by atoms with Gasteiger partial charge in [-0.15, -0.1) is 15.3 Å². The van der Waals surface area contributed by atoms with Gasteiger partial charge in [0, 0.05) is 34.9 Å². The molecule has 2 heterocycles. The van der Waals surface area contributed by atoms with Gasteiger partial charge in [-0.2, -0.15) is 15.1 Å². The zero-order chi connectivity index (χ0) is 41.7. The largest absolute Gasteiger partial charge is 0.505 e. The Morgan fingerprint density at radius 3 is 1.86 bits per heavy atom. The molecule has 0 fully saturated rings. The third-order valence-corrected chi connectivity index (χ3v) is 9.09. The van der Waals surface area contributed by atoms with E-state index in [0.717, 1.165) is 0 Å². The fourth-order valence-electron chi connectivity index (χ4n) is 5.27. The topological polar surface area (TPSA) is 344 Å². The summed E-state index contributed by atoms with van der Waals surface area (Å²) in [6.45, 7) is 3.22. The van der Waals surface area contributed by atoms with E-state index in [0.29, 0.717) is 11.4 Å². The predicted octanol–water partition coefficient (Wildman–Crippen LogP) is 6.19. The SMILES string of the molecule is Cc1cc(=O)nc(NC(=O)Nc2cccc(/N=N/c3c(S(=O)O)cc4ccc(/N=N/c5cc(NC(=O)Nc6nc(=O)cc(C)[nH]6)ccc5S(=O)O)c(O)c4c3N)c2)[nH]1. The zero-order valence-electron chi connectivity index (χ0n) is 29.8. The molecule has 6 aromatic rings. The number of aromatic amines is 2. The number of carbonyl (C=O) groups is 2. The van der Waals surface area contributed by atoms with Crippen LogP contribution in [0, 0.1) is 13.8 Å². The number of anilines is 5. The number of benzene rings is 4. The number of nitrogens with zero attached hydrogens (tertiary/aromatic N) is 6. The number of hydrogen-bond donors (Lipinski definition) is 10. The highest BCUT2D eigenvalue weighted by atomic mass is 32.2. The lowest BCUT2D eigenvalue weighted by Crippen LogP contribution is -2.23. The van der Waals surface area contributed by atoms with Crippen molar-refractivity contribution in [2.45, 2.75) is 23.6 Å². The summed E-state index contributed by atoms with van der Waals surface area (Å²) in [4.78, 5) is 60.8. The van der Waals surface area contributed by atoms with Gasteiger partial charge in [0.2, 0.25) is 11.9 Å². The number of aromatic hydroxyl groups is 1. The van der Waals surface area contributed by atoms with Gasteiger partial charge in [0.25, 0.3) is 11.1 Å².